The number of hydrogen-bond acceptors (Lipinski definition) is 4. The first-order valence-corrected chi connectivity index (χ1v) is 9.59. The van der Waals surface area contributed by atoms with Crippen LogP contribution in [0.25, 0.3) is 24.1 Å². The molecule has 1 N–H and O–H groups in total. The molecule has 0 aliphatic rings. The van der Waals surface area contributed by atoms with Gasteiger partial charge in [-0.2, -0.15) is 0 Å². The highest BCUT2D eigenvalue weighted by atomic mass is 16.3. The molecule has 1 heterocycles. The summed E-state index contributed by atoms with van der Waals surface area (Å²) < 4.78 is 5.91. The molecule has 30 heavy (non-hydrogen) atoms. The summed E-state index contributed by atoms with van der Waals surface area (Å²) in [6.45, 7) is 20.0. The number of rotatable bonds is 7. The second kappa shape index (κ2) is 10.7. The molecular weight excluding hydrogens is 370 g/mol. The molecule has 2 aromatic rings. The van der Waals surface area contributed by atoms with Crippen molar-refractivity contribution in [3.05, 3.63) is 101 Å². The summed E-state index contributed by atoms with van der Waals surface area (Å²) >= 11 is 0. The molecule has 0 aliphatic carbocycles. The third kappa shape index (κ3) is 6.11. The zero-order chi connectivity index (χ0) is 22.1. The van der Waals surface area contributed by atoms with Crippen LogP contribution in [0.4, 0.5) is 0 Å². The quantitative estimate of drug-likeness (QED) is 0.521. The molecule has 0 radical (unpaired) electrons. The fourth-order valence-corrected chi connectivity index (χ4v) is 2.58. The van der Waals surface area contributed by atoms with Crippen LogP contribution in [0.3, 0.4) is 0 Å². The second-order valence-electron chi connectivity index (χ2n) is 6.69. The lowest BCUT2D eigenvalue weighted by molar-refractivity contribution is 0.570. The monoisotopic (exact) mass is 397 g/mol. The first-order chi connectivity index (χ1) is 14.3. The average Bonchev–Trinajstić information content (AvgIpc) is 2.77. The van der Waals surface area contributed by atoms with E-state index >= 15 is 0 Å². The third-order valence-electron chi connectivity index (χ3n) is 4.15. The van der Waals surface area contributed by atoms with Crippen LogP contribution in [-0.4, -0.2) is 16.9 Å². The maximum atomic E-state index is 7.25. The van der Waals surface area contributed by atoms with Gasteiger partial charge in [0.2, 0.25) is 0 Å². The molecule has 1 aromatic carbocycles. The largest absolute Gasteiger partial charge is 0.457 e. The smallest absolute Gasteiger partial charge is 0.137 e. The van der Waals surface area contributed by atoms with E-state index in [9.17, 15) is 0 Å². The number of aromatic nitrogens is 1. The highest BCUT2D eigenvalue weighted by Crippen LogP contribution is 2.11. The molecule has 0 fully saturated rings. The summed E-state index contributed by atoms with van der Waals surface area (Å²) in [6, 6.07) is 9.39. The summed E-state index contributed by atoms with van der Waals surface area (Å²) in [7, 11) is 0. The van der Waals surface area contributed by atoms with Crippen molar-refractivity contribution in [1.29, 1.82) is 5.41 Å². The van der Waals surface area contributed by atoms with Crippen molar-refractivity contribution in [2.45, 2.75) is 20.3 Å². The predicted molar refractivity (Wildman–Crippen MR) is 129 cm³/mol. The minimum absolute atomic E-state index is 0.478. The van der Waals surface area contributed by atoms with E-state index in [4.69, 9.17) is 14.8 Å². The number of fused-ring (bicyclic) bond motifs is 1. The van der Waals surface area contributed by atoms with Gasteiger partial charge in [0.1, 0.15) is 11.0 Å². The second-order valence-corrected chi connectivity index (χ2v) is 6.69. The van der Waals surface area contributed by atoms with Crippen molar-refractivity contribution < 1.29 is 4.42 Å². The van der Waals surface area contributed by atoms with E-state index in [1.165, 1.54) is 0 Å². The number of hydrogen-bond donors (Lipinski definition) is 1. The Morgan fingerprint density at radius 3 is 2.63 bits per heavy atom. The first kappa shape index (κ1) is 22.5. The van der Waals surface area contributed by atoms with Gasteiger partial charge in [0.15, 0.2) is 0 Å². The van der Waals surface area contributed by atoms with Gasteiger partial charge in [-0.15, -0.1) is 0 Å². The molecule has 4 nitrogen and oxygen atoms in total. The normalized spacial score (nSPS) is 11.7. The summed E-state index contributed by atoms with van der Waals surface area (Å²) in [5, 5.41) is 8.58. The molecule has 0 atom stereocenters. The van der Waals surface area contributed by atoms with Gasteiger partial charge in [0, 0.05) is 17.8 Å². The van der Waals surface area contributed by atoms with E-state index in [0.717, 1.165) is 23.6 Å². The summed E-state index contributed by atoms with van der Waals surface area (Å²) in [5.41, 5.74) is 4.60. The molecule has 0 unspecified atom stereocenters. The zero-order valence-corrected chi connectivity index (χ0v) is 17.6. The van der Waals surface area contributed by atoms with Crippen molar-refractivity contribution in [3.63, 3.8) is 0 Å². The minimum Gasteiger partial charge on any atom is -0.457 e. The van der Waals surface area contributed by atoms with E-state index in [1.807, 2.05) is 44.2 Å². The van der Waals surface area contributed by atoms with Gasteiger partial charge in [0.05, 0.1) is 16.8 Å². The van der Waals surface area contributed by atoms with Gasteiger partial charge in [-0.05, 0) is 60.4 Å². The Balaban J connectivity index is 2.82. The average molecular weight is 398 g/mol. The predicted octanol–water partition coefficient (Wildman–Crippen LogP) is 5.11. The van der Waals surface area contributed by atoms with E-state index < -0.39 is 0 Å². The fraction of sp³-hybridized carbons (Fsp3) is 0.115. The molecular formula is C26H27N3O. The molecule has 4 heteroatoms. The summed E-state index contributed by atoms with van der Waals surface area (Å²) in [5.74, 6) is 0. The minimum atomic E-state index is 0.478. The van der Waals surface area contributed by atoms with Gasteiger partial charge in [-0.25, -0.2) is 4.98 Å². The highest BCUT2D eigenvalue weighted by molar-refractivity contribution is 6.13. The van der Waals surface area contributed by atoms with Gasteiger partial charge in [-0.3, -0.25) is 4.99 Å². The standard InChI is InChI=1S/C26H27N3O/c1-7-8-9-20(4)26(28-15-14-19(3)17-27)24-13-11-21(5)30-25-16-18(2)10-12-23(25)22(6)29-24/h8-17,27H,3-7H2,1-2H3/b9-8-,13-11?,15-14-,27-17?,28-26+,29-24?. The molecule has 0 bridgehead atoms. The number of nitrogens with one attached hydrogen (secondary N) is 1. The Kier molecular flexibility index (Phi) is 8.00. The van der Waals surface area contributed by atoms with Crippen LogP contribution in [0.15, 0.2) is 88.5 Å². The maximum absolute atomic E-state index is 7.25. The Bertz CT molecular complexity index is 1220. The summed E-state index contributed by atoms with van der Waals surface area (Å²) in [4.78, 5) is 9.28. The first-order valence-electron chi connectivity index (χ1n) is 9.59. The van der Waals surface area contributed by atoms with Crippen LogP contribution in [0.5, 0.6) is 0 Å². The maximum Gasteiger partial charge on any atom is 0.137 e. The molecule has 0 aliphatic heterocycles. The van der Waals surface area contributed by atoms with Crippen LogP contribution in [0, 0.1) is 12.3 Å². The van der Waals surface area contributed by atoms with Gasteiger partial charge in [0.25, 0.3) is 0 Å². The van der Waals surface area contributed by atoms with Gasteiger partial charge < -0.3 is 9.83 Å². The molecule has 0 saturated carbocycles. The molecule has 2 rings (SSSR count). The van der Waals surface area contributed by atoms with Crippen molar-refractivity contribution in [2.24, 2.45) is 4.99 Å². The van der Waals surface area contributed by atoms with Gasteiger partial charge >= 0.3 is 0 Å². The zero-order valence-electron chi connectivity index (χ0n) is 17.6. The number of aryl methyl sites for hydroxylation is 1. The molecule has 0 amide bonds. The molecule has 0 spiro atoms. The van der Waals surface area contributed by atoms with Crippen molar-refractivity contribution in [1.82, 2.24) is 4.98 Å². The van der Waals surface area contributed by atoms with Crippen molar-refractivity contribution >= 4 is 36.1 Å². The number of allylic oxidation sites excluding steroid dienone is 5. The van der Waals surface area contributed by atoms with E-state index in [2.05, 4.69) is 31.3 Å². The van der Waals surface area contributed by atoms with Crippen LogP contribution in [0.1, 0.15) is 24.6 Å². The van der Waals surface area contributed by atoms with Crippen LogP contribution < -0.4 is 10.8 Å². The van der Waals surface area contributed by atoms with Crippen molar-refractivity contribution in [3.8, 4) is 0 Å². The lowest BCUT2D eigenvalue weighted by atomic mass is 10.1. The molecule has 0 saturated heterocycles. The Hall–Kier alpha value is -3.79. The molecule has 152 valence electrons. The number of benzene rings is 1. The SMILES string of the molecule is C=C(C=N)/C=C\N=C(/C(=C)/C=C\CC)c1ccc(=C)oc2cc(C)ccc2c(=C)n1. The molecule has 1 aromatic heterocycles. The Morgan fingerprint density at radius 2 is 1.93 bits per heavy atom. The number of nitrogens with zero attached hydrogens (tertiary/aromatic N) is 2. The lowest BCUT2D eigenvalue weighted by Gasteiger charge is -2.04. The topological polar surface area (TPSA) is 62.2 Å². The Labute approximate surface area is 177 Å². The van der Waals surface area contributed by atoms with Crippen molar-refractivity contribution in [2.75, 3.05) is 0 Å². The summed E-state index contributed by atoms with van der Waals surface area (Å²) in [6.07, 6.45) is 9.19. The van der Waals surface area contributed by atoms with Crippen LogP contribution in [0.2, 0.25) is 0 Å². The van der Waals surface area contributed by atoms with E-state index in [0.29, 0.717) is 38.9 Å². The third-order valence-corrected chi connectivity index (χ3v) is 4.15. The highest BCUT2D eigenvalue weighted by Gasteiger charge is 2.07. The fourth-order valence-electron chi connectivity index (χ4n) is 2.58. The Morgan fingerprint density at radius 1 is 1.17 bits per heavy atom. The van der Waals surface area contributed by atoms with Crippen LogP contribution >= 0.6 is 0 Å². The van der Waals surface area contributed by atoms with Crippen LogP contribution in [-0.2, 0) is 0 Å². The lowest BCUT2D eigenvalue weighted by Crippen LogP contribution is -2.11. The van der Waals surface area contributed by atoms with Gasteiger partial charge in [-0.1, -0.05) is 51.5 Å². The number of aliphatic imine (C=N–C) groups is 1. The van der Waals surface area contributed by atoms with E-state index in [-0.39, 0.29) is 0 Å². The van der Waals surface area contributed by atoms with E-state index in [1.54, 1.807) is 24.4 Å².